The first-order valence-corrected chi connectivity index (χ1v) is 12.6. The van der Waals surface area contributed by atoms with E-state index < -0.39 is 0 Å². The Balaban J connectivity index is 1.22. The lowest BCUT2D eigenvalue weighted by Gasteiger charge is -2.22. The minimum absolute atomic E-state index is 0.0390. The molecule has 4 aromatic rings. The maximum Gasteiger partial charge on any atom is 0.252 e. The van der Waals surface area contributed by atoms with Crippen molar-refractivity contribution in [2.45, 2.75) is 25.2 Å². The predicted molar refractivity (Wildman–Crippen MR) is 141 cm³/mol. The molecule has 0 bridgehead atoms. The molecule has 2 aromatic carbocycles. The molecule has 7 nitrogen and oxygen atoms in total. The zero-order chi connectivity index (χ0) is 25.1. The molecule has 3 N–H and O–H groups in total. The Labute approximate surface area is 213 Å². The number of amides is 2. The van der Waals surface area contributed by atoms with Crippen LogP contribution in [0.5, 0.6) is 0 Å². The normalized spacial score (nSPS) is 16.4. The number of carbonyl (C=O) groups excluding carboxylic acids is 2. The molecule has 0 fully saturated rings. The maximum atomic E-state index is 12.8. The molecule has 0 aliphatic heterocycles. The van der Waals surface area contributed by atoms with Crippen LogP contribution in [0.25, 0.3) is 22.4 Å². The largest absolute Gasteiger partial charge is 0.395 e. The smallest absolute Gasteiger partial charge is 0.252 e. The fraction of sp³-hybridized carbons (Fsp3) is 0.214. The molecule has 1 atom stereocenters. The van der Waals surface area contributed by atoms with Crippen LogP contribution >= 0.6 is 11.3 Å². The van der Waals surface area contributed by atoms with Crippen LogP contribution in [0.2, 0.25) is 0 Å². The maximum absolute atomic E-state index is 12.8. The Morgan fingerprint density at radius 1 is 1.06 bits per heavy atom. The summed E-state index contributed by atoms with van der Waals surface area (Å²) in [5.41, 5.74) is 6.02. The van der Waals surface area contributed by atoms with Crippen LogP contribution in [0.3, 0.4) is 0 Å². The van der Waals surface area contributed by atoms with E-state index in [-0.39, 0.29) is 30.4 Å². The van der Waals surface area contributed by atoms with Crippen LogP contribution in [-0.2, 0) is 16.6 Å². The van der Waals surface area contributed by atoms with Crippen molar-refractivity contribution in [3.05, 3.63) is 89.1 Å². The van der Waals surface area contributed by atoms with Crippen molar-refractivity contribution in [1.82, 2.24) is 15.3 Å². The highest BCUT2D eigenvalue weighted by Gasteiger charge is 2.35. The van der Waals surface area contributed by atoms with Gasteiger partial charge in [0.1, 0.15) is 0 Å². The molecule has 2 heterocycles. The number of nitrogens with one attached hydrogen (secondary N) is 2. The van der Waals surface area contributed by atoms with Gasteiger partial charge >= 0.3 is 0 Å². The standard InChI is InChI=1S/C28H26N4O3S/c1-28(17-33)11-8-21-22(6-3-7-23(21)28)26(35)30-15-25(34)32-27-31-24(16-36-27)20-5-2-4-19(14-20)18-9-12-29-13-10-18/h2-7,9-10,12-14,16,33H,8,11,15,17H2,1H3,(H,30,35)(H,31,32,34)/t28-/m1/s1. The molecule has 0 unspecified atom stereocenters. The minimum Gasteiger partial charge on any atom is -0.395 e. The van der Waals surface area contributed by atoms with Gasteiger partial charge in [-0.05, 0) is 59.4 Å². The predicted octanol–water partition coefficient (Wildman–Crippen LogP) is 4.44. The number of aliphatic hydroxyl groups is 1. The molecule has 182 valence electrons. The van der Waals surface area contributed by atoms with Gasteiger partial charge in [-0.1, -0.05) is 37.3 Å². The van der Waals surface area contributed by atoms with Gasteiger partial charge in [-0.25, -0.2) is 4.98 Å². The van der Waals surface area contributed by atoms with Crippen LogP contribution in [0.1, 0.15) is 34.8 Å². The van der Waals surface area contributed by atoms with Crippen LogP contribution < -0.4 is 10.6 Å². The number of aliphatic hydroxyl groups excluding tert-OH is 1. The topological polar surface area (TPSA) is 104 Å². The minimum atomic E-state index is -0.345. The van der Waals surface area contributed by atoms with Crippen LogP contribution in [-0.4, -0.2) is 40.0 Å². The molecule has 1 aliphatic rings. The second-order valence-corrected chi connectivity index (χ2v) is 9.99. The lowest BCUT2D eigenvalue weighted by molar-refractivity contribution is -0.115. The molecular weight excluding hydrogens is 472 g/mol. The van der Waals surface area contributed by atoms with Gasteiger partial charge in [0.15, 0.2) is 5.13 Å². The van der Waals surface area contributed by atoms with E-state index >= 15 is 0 Å². The summed E-state index contributed by atoms with van der Waals surface area (Å²) >= 11 is 1.33. The number of carbonyl (C=O) groups is 2. The highest BCUT2D eigenvalue weighted by molar-refractivity contribution is 7.14. The number of hydrogen-bond donors (Lipinski definition) is 3. The summed E-state index contributed by atoms with van der Waals surface area (Å²) in [6.07, 6.45) is 5.04. The lowest BCUT2D eigenvalue weighted by atomic mass is 9.84. The third-order valence-electron chi connectivity index (χ3n) is 6.68. The number of rotatable bonds is 7. The number of fused-ring (bicyclic) bond motifs is 1. The van der Waals surface area contributed by atoms with E-state index in [0.29, 0.717) is 10.7 Å². The Morgan fingerprint density at radius 2 is 1.83 bits per heavy atom. The Hall–Kier alpha value is -3.88. The molecule has 0 spiro atoms. The second kappa shape index (κ2) is 10.0. The van der Waals surface area contributed by atoms with Gasteiger partial charge in [0, 0.05) is 34.3 Å². The number of aromatic nitrogens is 2. The fourth-order valence-corrected chi connectivity index (χ4v) is 5.36. The molecule has 2 aromatic heterocycles. The van der Waals surface area contributed by atoms with E-state index in [9.17, 15) is 14.7 Å². The van der Waals surface area contributed by atoms with E-state index in [1.807, 2.05) is 54.8 Å². The molecule has 1 aliphatic carbocycles. The van der Waals surface area contributed by atoms with Gasteiger partial charge in [-0.3, -0.25) is 14.6 Å². The SMILES string of the molecule is C[C@]1(CO)CCc2c(C(=O)NCC(=O)Nc3nc(-c4cccc(-c5ccncc5)c4)cs3)cccc21. The molecule has 5 rings (SSSR count). The van der Waals surface area contributed by atoms with E-state index in [0.717, 1.165) is 46.4 Å². The third-order valence-corrected chi connectivity index (χ3v) is 7.44. The van der Waals surface area contributed by atoms with Crippen molar-refractivity contribution < 1.29 is 14.7 Å². The van der Waals surface area contributed by atoms with E-state index in [4.69, 9.17) is 0 Å². The van der Waals surface area contributed by atoms with Crippen molar-refractivity contribution in [3.63, 3.8) is 0 Å². The first kappa shape index (κ1) is 23.8. The summed E-state index contributed by atoms with van der Waals surface area (Å²) in [6.45, 7) is 1.88. The quantitative estimate of drug-likeness (QED) is 0.350. The zero-order valence-electron chi connectivity index (χ0n) is 19.8. The summed E-state index contributed by atoms with van der Waals surface area (Å²) in [5.74, 6) is -0.639. The third kappa shape index (κ3) is 4.78. The van der Waals surface area contributed by atoms with Crippen molar-refractivity contribution in [1.29, 1.82) is 0 Å². The number of benzene rings is 2. The Bertz CT molecular complexity index is 1420. The summed E-state index contributed by atoms with van der Waals surface area (Å²) in [6, 6.07) is 17.5. The molecule has 8 heteroatoms. The first-order chi connectivity index (χ1) is 17.5. The van der Waals surface area contributed by atoms with Gasteiger partial charge in [-0.15, -0.1) is 11.3 Å². The van der Waals surface area contributed by atoms with E-state index in [1.54, 1.807) is 18.5 Å². The Kier molecular flexibility index (Phi) is 6.63. The molecule has 0 radical (unpaired) electrons. The summed E-state index contributed by atoms with van der Waals surface area (Å²) in [7, 11) is 0. The highest BCUT2D eigenvalue weighted by Crippen LogP contribution is 2.39. The number of pyridine rings is 1. The molecule has 2 amide bonds. The van der Waals surface area contributed by atoms with Crippen molar-refractivity contribution in [3.8, 4) is 22.4 Å². The fourth-order valence-electron chi connectivity index (χ4n) is 4.62. The van der Waals surface area contributed by atoms with Gasteiger partial charge in [0.25, 0.3) is 5.91 Å². The average Bonchev–Trinajstić information content (AvgIpc) is 3.53. The van der Waals surface area contributed by atoms with Crippen molar-refractivity contribution in [2.75, 3.05) is 18.5 Å². The number of hydrogen-bond acceptors (Lipinski definition) is 6. The van der Waals surface area contributed by atoms with Gasteiger partial charge in [0.05, 0.1) is 18.8 Å². The van der Waals surface area contributed by atoms with Gasteiger partial charge < -0.3 is 15.7 Å². The van der Waals surface area contributed by atoms with Crippen molar-refractivity contribution >= 4 is 28.3 Å². The highest BCUT2D eigenvalue weighted by atomic mass is 32.1. The molecule has 0 saturated carbocycles. The van der Waals surface area contributed by atoms with E-state index in [1.165, 1.54) is 11.3 Å². The molecule has 0 saturated heterocycles. The first-order valence-electron chi connectivity index (χ1n) is 11.7. The van der Waals surface area contributed by atoms with Crippen LogP contribution in [0.15, 0.2) is 72.4 Å². The second-order valence-electron chi connectivity index (χ2n) is 9.14. The monoisotopic (exact) mass is 498 g/mol. The zero-order valence-corrected chi connectivity index (χ0v) is 20.6. The Morgan fingerprint density at radius 3 is 2.64 bits per heavy atom. The number of thiazole rings is 1. The van der Waals surface area contributed by atoms with Gasteiger partial charge in [-0.2, -0.15) is 0 Å². The summed E-state index contributed by atoms with van der Waals surface area (Å²) in [5, 5.41) is 17.7. The van der Waals surface area contributed by atoms with Crippen LogP contribution in [0.4, 0.5) is 5.13 Å². The van der Waals surface area contributed by atoms with Gasteiger partial charge in [0.2, 0.25) is 5.91 Å². The van der Waals surface area contributed by atoms with Crippen molar-refractivity contribution in [2.24, 2.45) is 0 Å². The van der Waals surface area contributed by atoms with E-state index in [2.05, 4.69) is 26.7 Å². The summed E-state index contributed by atoms with van der Waals surface area (Å²) in [4.78, 5) is 34.0. The number of anilines is 1. The number of nitrogens with zero attached hydrogens (tertiary/aromatic N) is 2. The molecule has 36 heavy (non-hydrogen) atoms. The lowest BCUT2D eigenvalue weighted by Crippen LogP contribution is -2.33. The molecular formula is C28H26N4O3S. The summed E-state index contributed by atoms with van der Waals surface area (Å²) < 4.78 is 0. The van der Waals surface area contributed by atoms with Crippen LogP contribution in [0, 0.1) is 0 Å². The average molecular weight is 499 g/mol.